The third kappa shape index (κ3) is 9.86. The predicted octanol–water partition coefficient (Wildman–Crippen LogP) is 1.91. The molecule has 16 heavy (non-hydrogen) atoms. The molecule has 1 atom stereocenters. The van der Waals surface area contributed by atoms with Gasteiger partial charge in [-0.2, -0.15) is 8.42 Å². The summed E-state index contributed by atoms with van der Waals surface area (Å²) in [6, 6.07) is 0. The van der Waals surface area contributed by atoms with E-state index >= 15 is 0 Å². The summed E-state index contributed by atoms with van der Waals surface area (Å²) < 4.78 is 26.0. The lowest BCUT2D eigenvalue weighted by Gasteiger charge is -2.09. The van der Waals surface area contributed by atoms with Crippen molar-refractivity contribution in [1.82, 2.24) is 0 Å². The largest absolute Gasteiger partial charge is 0.298 e. The van der Waals surface area contributed by atoms with Crippen molar-refractivity contribution < 1.29 is 17.4 Å². The van der Waals surface area contributed by atoms with Gasteiger partial charge >= 0.3 is 0 Å². The molecule has 0 aliphatic rings. The molecule has 4 nitrogen and oxygen atoms in total. The van der Waals surface area contributed by atoms with E-state index in [0.29, 0.717) is 12.3 Å². The van der Waals surface area contributed by atoms with E-state index in [0.717, 1.165) is 31.0 Å². The summed E-state index contributed by atoms with van der Waals surface area (Å²) >= 11 is 0. The molecule has 0 bridgehead atoms. The molecule has 0 saturated carbocycles. The van der Waals surface area contributed by atoms with E-state index in [4.69, 9.17) is 0 Å². The average molecular weight is 248 g/mol. The highest BCUT2D eigenvalue weighted by molar-refractivity contribution is 7.85. The Bertz CT molecular complexity index is 330. The standard InChI is InChI=1S/C11H20O4S/c1-10(5-4-6-11(2)9-12)7-8-15-16(3,13)14/h6,9-10H,4-5,7-8H2,1-3H3/b11-6+. The Kier molecular flexibility index (Phi) is 7.25. The summed E-state index contributed by atoms with van der Waals surface area (Å²) in [6.45, 7) is 4.04. The highest BCUT2D eigenvalue weighted by Gasteiger charge is 2.05. The third-order valence-corrected chi connectivity index (χ3v) is 2.81. The molecule has 0 amide bonds. The molecule has 0 radical (unpaired) electrons. The van der Waals surface area contributed by atoms with Crippen LogP contribution in [0.1, 0.15) is 33.1 Å². The minimum absolute atomic E-state index is 0.233. The van der Waals surface area contributed by atoms with Gasteiger partial charge in [0.25, 0.3) is 10.1 Å². The molecule has 0 spiro atoms. The van der Waals surface area contributed by atoms with Gasteiger partial charge in [0.2, 0.25) is 0 Å². The number of hydrogen-bond donors (Lipinski definition) is 0. The second-order valence-corrected chi connectivity index (χ2v) is 5.71. The van der Waals surface area contributed by atoms with Crippen LogP contribution in [0.3, 0.4) is 0 Å². The molecule has 0 saturated heterocycles. The van der Waals surface area contributed by atoms with E-state index in [1.54, 1.807) is 6.92 Å². The third-order valence-electron chi connectivity index (χ3n) is 2.22. The van der Waals surface area contributed by atoms with E-state index in [-0.39, 0.29) is 6.61 Å². The zero-order chi connectivity index (χ0) is 12.6. The highest BCUT2D eigenvalue weighted by Crippen LogP contribution is 2.12. The molecule has 1 unspecified atom stereocenters. The lowest BCUT2D eigenvalue weighted by Crippen LogP contribution is -2.07. The fraction of sp³-hybridized carbons (Fsp3) is 0.727. The van der Waals surface area contributed by atoms with E-state index in [2.05, 4.69) is 4.18 Å². The van der Waals surface area contributed by atoms with Gasteiger partial charge in [-0.15, -0.1) is 0 Å². The van der Waals surface area contributed by atoms with Crippen LogP contribution in [0.25, 0.3) is 0 Å². The quantitative estimate of drug-likeness (QED) is 0.374. The molecule has 0 aromatic rings. The van der Waals surface area contributed by atoms with Gasteiger partial charge in [0.05, 0.1) is 12.9 Å². The minimum atomic E-state index is -3.32. The zero-order valence-electron chi connectivity index (χ0n) is 10.1. The van der Waals surface area contributed by atoms with Gasteiger partial charge in [0.1, 0.15) is 6.29 Å². The maximum atomic E-state index is 10.7. The molecule has 0 heterocycles. The molecule has 0 aromatic carbocycles. The SMILES string of the molecule is C/C(C=O)=C\CCC(C)CCOS(C)(=O)=O. The van der Waals surface area contributed by atoms with Crippen LogP contribution in [-0.2, 0) is 19.1 Å². The Labute approximate surface area is 97.8 Å². The second kappa shape index (κ2) is 7.57. The molecular formula is C11H20O4S. The van der Waals surface area contributed by atoms with Crippen molar-refractivity contribution in [1.29, 1.82) is 0 Å². The molecule has 0 aromatic heterocycles. The number of carbonyl (C=O) groups excluding carboxylic acids is 1. The minimum Gasteiger partial charge on any atom is -0.298 e. The van der Waals surface area contributed by atoms with Crippen LogP contribution >= 0.6 is 0 Å². The van der Waals surface area contributed by atoms with Crippen molar-refractivity contribution in [3.63, 3.8) is 0 Å². The molecule has 5 heteroatoms. The van der Waals surface area contributed by atoms with E-state index in [1.165, 1.54) is 0 Å². The maximum Gasteiger partial charge on any atom is 0.264 e. The fourth-order valence-corrected chi connectivity index (χ4v) is 1.59. The number of carbonyl (C=O) groups is 1. The lowest BCUT2D eigenvalue weighted by atomic mass is 10.0. The van der Waals surface area contributed by atoms with Crippen LogP contribution in [0.5, 0.6) is 0 Å². The van der Waals surface area contributed by atoms with Crippen molar-refractivity contribution in [3.8, 4) is 0 Å². The van der Waals surface area contributed by atoms with Crippen LogP contribution in [0.4, 0.5) is 0 Å². The fourth-order valence-electron chi connectivity index (χ4n) is 1.19. The monoisotopic (exact) mass is 248 g/mol. The Hall–Kier alpha value is -0.680. The summed E-state index contributed by atoms with van der Waals surface area (Å²) in [4.78, 5) is 10.3. The van der Waals surface area contributed by atoms with Gasteiger partial charge in [-0.3, -0.25) is 8.98 Å². The highest BCUT2D eigenvalue weighted by atomic mass is 32.2. The van der Waals surface area contributed by atoms with Gasteiger partial charge in [-0.05, 0) is 37.7 Å². The van der Waals surface area contributed by atoms with Crippen LogP contribution in [-0.4, -0.2) is 27.6 Å². The predicted molar refractivity (Wildman–Crippen MR) is 63.6 cm³/mol. The van der Waals surface area contributed by atoms with Gasteiger partial charge in [-0.1, -0.05) is 13.0 Å². The van der Waals surface area contributed by atoms with Gasteiger partial charge in [0.15, 0.2) is 0 Å². The summed E-state index contributed by atoms with van der Waals surface area (Å²) in [5, 5.41) is 0. The van der Waals surface area contributed by atoms with Crippen LogP contribution in [0, 0.1) is 5.92 Å². The van der Waals surface area contributed by atoms with Gasteiger partial charge in [0, 0.05) is 0 Å². The normalized spacial score (nSPS) is 14.8. The van der Waals surface area contributed by atoms with Crippen molar-refractivity contribution in [3.05, 3.63) is 11.6 Å². The molecule has 0 fully saturated rings. The number of rotatable bonds is 8. The Balaban J connectivity index is 3.67. The zero-order valence-corrected chi connectivity index (χ0v) is 10.9. The lowest BCUT2D eigenvalue weighted by molar-refractivity contribution is -0.104. The van der Waals surface area contributed by atoms with E-state index in [9.17, 15) is 13.2 Å². The molecule has 0 N–H and O–H groups in total. The summed E-state index contributed by atoms with van der Waals surface area (Å²) in [5.74, 6) is 0.387. The summed E-state index contributed by atoms with van der Waals surface area (Å²) in [6.07, 6.45) is 6.25. The molecule has 0 aliphatic carbocycles. The first-order chi connectivity index (χ1) is 7.35. The number of aldehydes is 1. The second-order valence-electron chi connectivity index (χ2n) is 4.06. The summed E-state index contributed by atoms with van der Waals surface area (Å²) in [7, 11) is -3.32. The van der Waals surface area contributed by atoms with Crippen LogP contribution < -0.4 is 0 Å². The Morgan fingerprint density at radius 1 is 1.38 bits per heavy atom. The topological polar surface area (TPSA) is 60.4 Å². The summed E-state index contributed by atoms with van der Waals surface area (Å²) in [5.41, 5.74) is 0.736. The first-order valence-electron chi connectivity index (χ1n) is 5.31. The van der Waals surface area contributed by atoms with E-state index < -0.39 is 10.1 Å². The molecule has 0 rings (SSSR count). The van der Waals surface area contributed by atoms with Gasteiger partial charge < -0.3 is 0 Å². The van der Waals surface area contributed by atoms with Crippen LogP contribution in [0.15, 0.2) is 11.6 Å². The maximum absolute atomic E-state index is 10.7. The number of allylic oxidation sites excluding steroid dienone is 2. The van der Waals surface area contributed by atoms with Crippen molar-refractivity contribution in [2.24, 2.45) is 5.92 Å². The average Bonchev–Trinajstić information content (AvgIpc) is 2.15. The van der Waals surface area contributed by atoms with Crippen LogP contribution in [0.2, 0.25) is 0 Å². The number of hydrogen-bond acceptors (Lipinski definition) is 4. The first kappa shape index (κ1) is 15.3. The van der Waals surface area contributed by atoms with Crippen molar-refractivity contribution in [2.75, 3.05) is 12.9 Å². The first-order valence-corrected chi connectivity index (χ1v) is 7.13. The molecule has 0 aliphatic heterocycles. The molecule has 94 valence electrons. The van der Waals surface area contributed by atoms with Crippen molar-refractivity contribution in [2.45, 2.75) is 33.1 Å². The van der Waals surface area contributed by atoms with E-state index in [1.807, 2.05) is 13.0 Å². The Morgan fingerprint density at radius 2 is 2.00 bits per heavy atom. The molecular weight excluding hydrogens is 228 g/mol. The van der Waals surface area contributed by atoms with Gasteiger partial charge in [-0.25, -0.2) is 0 Å². The Morgan fingerprint density at radius 3 is 2.50 bits per heavy atom. The smallest absolute Gasteiger partial charge is 0.264 e. The van der Waals surface area contributed by atoms with Crippen molar-refractivity contribution >= 4 is 16.4 Å².